The van der Waals surface area contributed by atoms with Gasteiger partial charge in [-0.3, -0.25) is 9.59 Å². The van der Waals surface area contributed by atoms with Crippen LogP contribution in [0.2, 0.25) is 0 Å². The van der Waals surface area contributed by atoms with Crippen molar-refractivity contribution in [3.63, 3.8) is 0 Å². The van der Waals surface area contributed by atoms with E-state index < -0.39 is 18.1 Å². The minimum Gasteiger partial charge on any atom is -0.544 e. The summed E-state index contributed by atoms with van der Waals surface area (Å²) in [7, 11) is 5.40. The van der Waals surface area contributed by atoms with Gasteiger partial charge in [0.2, 0.25) is 0 Å². The quantitative estimate of drug-likeness (QED) is 0.0260. The highest BCUT2D eigenvalue weighted by Crippen LogP contribution is 2.14. The van der Waals surface area contributed by atoms with Crippen LogP contribution in [-0.4, -0.2) is 75.5 Å². The third-order valence-electron chi connectivity index (χ3n) is 11.0. The van der Waals surface area contributed by atoms with E-state index in [9.17, 15) is 19.5 Å². The fraction of sp³-hybridized carbons (Fsp3) is 0.696. The van der Waals surface area contributed by atoms with Crippen molar-refractivity contribution in [3.05, 3.63) is 85.1 Å². The molecule has 0 fully saturated rings. The lowest BCUT2D eigenvalue weighted by molar-refractivity contribution is -0.889. The first kappa shape index (κ1) is 60.5. The summed E-state index contributed by atoms with van der Waals surface area (Å²) in [5.41, 5.74) is 0. The van der Waals surface area contributed by atoms with Gasteiger partial charge in [0.05, 0.1) is 40.3 Å². The highest BCUT2D eigenvalue weighted by Gasteiger charge is 2.25. The Morgan fingerprint density at radius 2 is 0.875 bits per heavy atom. The van der Waals surface area contributed by atoms with Crippen LogP contribution in [0.1, 0.15) is 200 Å². The molecule has 0 aromatic rings. The molecule has 0 spiro atoms. The maximum Gasteiger partial charge on any atom is 0.306 e. The molecular formula is C56H95NO7. The molecule has 0 aromatic heterocycles. The first-order valence-electron chi connectivity index (χ1n) is 25.6. The first-order chi connectivity index (χ1) is 31.1. The number of allylic oxidation sites excluding steroid dienone is 14. The van der Waals surface area contributed by atoms with Gasteiger partial charge in [-0.1, -0.05) is 176 Å². The molecule has 0 radical (unpaired) electrons. The molecule has 0 aliphatic heterocycles. The molecule has 0 N–H and O–H groups in total. The number of hydrogen-bond donors (Lipinski definition) is 0. The minimum atomic E-state index is -1.13. The molecule has 0 bridgehead atoms. The SMILES string of the molecule is CC/C=C/C/C=C/C/C=C/C/C=C/C/C=C/C/C=C/CCCCCCC(=O)OC(COCCC(C(=O)[O-])[N+](C)(C)C)COC(=O)CCCCCCCCC/C=C/CCCCCCCC. The Morgan fingerprint density at radius 3 is 1.31 bits per heavy atom. The number of carbonyl (C=O) groups is 3. The lowest BCUT2D eigenvalue weighted by Gasteiger charge is -2.34. The van der Waals surface area contributed by atoms with E-state index >= 15 is 0 Å². The monoisotopic (exact) mass is 894 g/mol. The fourth-order valence-electron chi connectivity index (χ4n) is 7.07. The molecule has 0 amide bonds. The summed E-state index contributed by atoms with van der Waals surface area (Å²) in [6.45, 7) is 4.51. The number of aliphatic carboxylic acids is 1. The van der Waals surface area contributed by atoms with Gasteiger partial charge < -0.3 is 28.6 Å². The number of hydrogen-bond acceptors (Lipinski definition) is 7. The van der Waals surface area contributed by atoms with Gasteiger partial charge in [-0.25, -0.2) is 0 Å². The average Bonchev–Trinajstić information content (AvgIpc) is 3.26. The molecule has 0 saturated heterocycles. The Balaban J connectivity index is 4.34. The first-order valence-corrected chi connectivity index (χ1v) is 25.6. The largest absolute Gasteiger partial charge is 0.544 e. The number of quaternary nitrogens is 1. The molecule has 0 rings (SSSR count). The Kier molecular flexibility index (Phi) is 43.5. The fourth-order valence-corrected chi connectivity index (χ4v) is 7.07. The van der Waals surface area contributed by atoms with Crippen molar-refractivity contribution in [2.45, 2.75) is 212 Å². The van der Waals surface area contributed by atoms with E-state index in [-0.39, 0.29) is 49.1 Å². The number of rotatable bonds is 45. The van der Waals surface area contributed by atoms with Crippen LogP contribution in [0.25, 0.3) is 0 Å². The van der Waals surface area contributed by atoms with Crippen LogP contribution in [-0.2, 0) is 28.6 Å². The van der Waals surface area contributed by atoms with Gasteiger partial charge in [0.15, 0.2) is 6.10 Å². The number of nitrogens with zero attached hydrogens (tertiary/aromatic N) is 1. The molecular weight excluding hydrogens is 799 g/mol. The van der Waals surface area contributed by atoms with Gasteiger partial charge in [-0.05, 0) is 89.9 Å². The molecule has 2 unspecified atom stereocenters. The summed E-state index contributed by atoms with van der Waals surface area (Å²) in [5.74, 6) is -1.78. The second kappa shape index (κ2) is 46.1. The zero-order chi connectivity index (χ0) is 47.0. The zero-order valence-electron chi connectivity index (χ0n) is 41.7. The van der Waals surface area contributed by atoms with Gasteiger partial charge in [0, 0.05) is 19.3 Å². The maximum atomic E-state index is 12.8. The molecule has 8 nitrogen and oxygen atoms in total. The number of ether oxygens (including phenoxy) is 3. The van der Waals surface area contributed by atoms with E-state index in [1.807, 2.05) is 0 Å². The maximum absolute atomic E-state index is 12.8. The van der Waals surface area contributed by atoms with E-state index in [0.29, 0.717) is 6.42 Å². The predicted molar refractivity (Wildman–Crippen MR) is 268 cm³/mol. The zero-order valence-corrected chi connectivity index (χ0v) is 41.7. The van der Waals surface area contributed by atoms with Gasteiger partial charge in [-0.15, -0.1) is 0 Å². The molecule has 64 heavy (non-hydrogen) atoms. The summed E-state index contributed by atoms with van der Waals surface area (Å²) >= 11 is 0. The van der Waals surface area contributed by atoms with Crippen molar-refractivity contribution in [2.24, 2.45) is 0 Å². The van der Waals surface area contributed by atoms with Crippen molar-refractivity contribution in [1.29, 1.82) is 0 Å². The van der Waals surface area contributed by atoms with E-state index in [2.05, 4.69) is 98.9 Å². The number of carboxylic acid groups (broad SMARTS) is 1. The molecule has 0 saturated carbocycles. The normalized spacial score (nSPS) is 13.6. The number of carboxylic acids is 1. The van der Waals surface area contributed by atoms with Crippen molar-refractivity contribution >= 4 is 17.9 Å². The molecule has 0 aliphatic rings. The molecule has 8 heteroatoms. The molecule has 0 aromatic carbocycles. The number of likely N-dealkylation sites (N-methyl/N-ethyl adjacent to an activating group) is 1. The average molecular weight is 894 g/mol. The Morgan fingerprint density at radius 1 is 0.484 bits per heavy atom. The van der Waals surface area contributed by atoms with Crippen LogP contribution in [0.15, 0.2) is 85.1 Å². The lowest BCUT2D eigenvalue weighted by atomic mass is 10.1. The molecule has 2 atom stereocenters. The standard InChI is InChI=1S/C56H95NO7/c1-6-8-10-12-14-16-18-20-22-24-25-26-27-28-29-31-33-35-37-39-41-43-45-47-55(59)64-52(50-62-49-48-53(56(60)61)57(3,4)5)51-63-54(58)46-44-42-40-38-36-34-32-30-23-21-19-17-15-13-11-9-7-2/h8,10,14,16,20-23,25-26,28-29,33,35,52-53H,6-7,9,11-13,15,17-19,24,27,30-32,34,36-51H2,1-5H3/b10-8+,16-14+,22-20+,23-21+,26-25+,29-28+,35-33+. The smallest absolute Gasteiger partial charge is 0.306 e. The van der Waals surface area contributed by atoms with Crippen LogP contribution >= 0.6 is 0 Å². The summed E-state index contributed by atoms with van der Waals surface area (Å²) in [6.07, 6.45) is 60.4. The van der Waals surface area contributed by atoms with E-state index in [4.69, 9.17) is 14.2 Å². The predicted octanol–water partition coefficient (Wildman–Crippen LogP) is 13.5. The summed E-state index contributed by atoms with van der Waals surface area (Å²) in [5, 5.41) is 11.7. The van der Waals surface area contributed by atoms with Crippen molar-refractivity contribution in [1.82, 2.24) is 0 Å². The van der Waals surface area contributed by atoms with Crippen molar-refractivity contribution in [3.8, 4) is 0 Å². The van der Waals surface area contributed by atoms with E-state index in [1.54, 1.807) is 21.1 Å². The number of carbonyl (C=O) groups excluding carboxylic acids is 3. The van der Waals surface area contributed by atoms with Crippen LogP contribution in [0.4, 0.5) is 0 Å². The third-order valence-corrected chi connectivity index (χ3v) is 11.0. The van der Waals surface area contributed by atoms with Gasteiger partial charge >= 0.3 is 11.9 Å². The second-order valence-corrected chi connectivity index (χ2v) is 18.0. The van der Waals surface area contributed by atoms with E-state index in [1.165, 1.54) is 77.0 Å². The summed E-state index contributed by atoms with van der Waals surface area (Å²) < 4.78 is 17.2. The van der Waals surface area contributed by atoms with Gasteiger partial charge in [0.25, 0.3) is 0 Å². The van der Waals surface area contributed by atoms with Gasteiger partial charge in [0.1, 0.15) is 12.6 Å². The molecule has 0 aliphatic carbocycles. The van der Waals surface area contributed by atoms with Gasteiger partial charge in [-0.2, -0.15) is 0 Å². The second-order valence-electron chi connectivity index (χ2n) is 18.0. The van der Waals surface area contributed by atoms with E-state index in [0.717, 1.165) is 89.9 Å². The van der Waals surface area contributed by atoms with Crippen LogP contribution < -0.4 is 5.11 Å². The highest BCUT2D eigenvalue weighted by molar-refractivity contribution is 5.70. The number of unbranched alkanes of at least 4 members (excludes halogenated alkanes) is 17. The topological polar surface area (TPSA) is 102 Å². The van der Waals surface area contributed by atoms with Crippen LogP contribution in [0.5, 0.6) is 0 Å². The Bertz CT molecular complexity index is 1320. The third kappa shape index (κ3) is 43.7. The Labute approximate surface area is 393 Å². The van der Waals surface area contributed by atoms with Crippen molar-refractivity contribution < 1.29 is 38.2 Å². The van der Waals surface area contributed by atoms with Crippen LogP contribution in [0.3, 0.4) is 0 Å². The van der Waals surface area contributed by atoms with Crippen LogP contribution in [0, 0.1) is 0 Å². The Hall–Kier alpha value is -3.49. The minimum absolute atomic E-state index is 0.0246. The summed E-state index contributed by atoms with van der Waals surface area (Å²) in [6, 6.07) is -0.736. The summed E-state index contributed by atoms with van der Waals surface area (Å²) in [4.78, 5) is 37.0. The lowest BCUT2D eigenvalue weighted by Crippen LogP contribution is -2.55. The molecule has 0 heterocycles. The molecule has 366 valence electrons. The highest BCUT2D eigenvalue weighted by atomic mass is 16.6. The number of esters is 2. The van der Waals surface area contributed by atoms with Crippen molar-refractivity contribution in [2.75, 3.05) is 41.0 Å².